The van der Waals surface area contributed by atoms with Crippen molar-refractivity contribution < 1.29 is 14.3 Å². The van der Waals surface area contributed by atoms with Crippen molar-refractivity contribution in [3.8, 4) is 0 Å². The van der Waals surface area contributed by atoms with Crippen LogP contribution in [0.5, 0.6) is 0 Å². The highest BCUT2D eigenvalue weighted by Crippen LogP contribution is 2.17. The summed E-state index contributed by atoms with van der Waals surface area (Å²) in [7, 11) is 1.51. The van der Waals surface area contributed by atoms with Gasteiger partial charge in [0.1, 0.15) is 6.61 Å². The van der Waals surface area contributed by atoms with Crippen LogP contribution in [-0.2, 0) is 20.7 Å². The number of nitrogens with zero attached hydrogens (tertiary/aromatic N) is 2. The van der Waals surface area contributed by atoms with Gasteiger partial charge in [0.25, 0.3) is 0 Å². The number of carbonyl (C=O) groups excluding carboxylic acids is 2. The molecule has 1 atom stereocenters. The van der Waals surface area contributed by atoms with Crippen molar-refractivity contribution in [3.05, 3.63) is 17.0 Å². The van der Waals surface area contributed by atoms with E-state index in [1.54, 1.807) is 4.90 Å². The van der Waals surface area contributed by atoms with Gasteiger partial charge in [-0.2, -0.15) is 5.10 Å². The zero-order valence-electron chi connectivity index (χ0n) is 14.9. The highest BCUT2D eigenvalue weighted by atomic mass is 16.5. The lowest BCUT2D eigenvalue weighted by molar-refractivity contribution is -0.138. The molecule has 0 bridgehead atoms. The van der Waals surface area contributed by atoms with Gasteiger partial charge in [0.05, 0.1) is 11.6 Å². The number of piperidine rings is 1. The number of H-pyrrole nitrogens is 1. The third-order valence-electron chi connectivity index (χ3n) is 4.60. The largest absolute Gasteiger partial charge is 0.375 e. The number of aryl methyl sites for hydroxylation is 2. The van der Waals surface area contributed by atoms with Crippen molar-refractivity contribution in [1.82, 2.24) is 20.4 Å². The maximum atomic E-state index is 12.3. The Bertz CT molecular complexity index is 551. The molecular formula is C17H28N4O3. The van der Waals surface area contributed by atoms with Crippen LogP contribution in [0.4, 0.5) is 0 Å². The fraction of sp³-hybridized carbons (Fsp3) is 0.706. The van der Waals surface area contributed by atoms with Gasteiger partial charge in [0.2, 0.25) is 11.8 Å². The van der Waals surface area contributed by atoms with E-state index in [1.165, 1.54) is 12.7 Å². The Kier molecular flexibility index (Phi) is 6.78. The molecular weight excluding hydrogens is 308 g/mol. The van der Waals surface area contributed by atoms with E-state index in [9.17, 15) is 9.59 Å². The third kappa shape index (κ3) is 4.80. The first-order valence-electron chi connectivity index (χ1n) is 8.57. The summed E-state index contributed by atoms with van der Waals surface area (Å²) in [6.07, 6.45) is 3.48. The Morgan fingerprint density at radius 2 is 2.21 bits per heavy atom. The number of hydrogen-bond acceptors (Lipinski definition) is 4. The van der Waals surface area contributed by atoms with E-state index in [0.29, 0.717) is 19.6 Å². The maximum absolute atomic E-state index is 12.3. The fourth-order valence-corrected chi connectivity index (χ4v) is 3.20. The first-order valence-corrected chi connectivity index (χ1v) is 8.57. The van der Waals surface area contributed by atoms with Gasteiger partial charge in [-0.05, 0) is 45.1 Å². The van der Waals surface area contributed by atoms with Gasteiger partial charge in [-0.15, -0.1) is 0 Å². The summed E-state index contributed by atoms with van der Waals surface area (Å²) in [6.45, 7) is 5.94. The minimum Gasteiger partial charge on any atom is -0.375 e. The van der Waals surface area contributed by atoms with Gasteiger partial charge >= 0.3 is 0 Å². The first-order chi connectivity index (χ1) is 11.5. The van der Waals surface area contributed by atoms with E-state index >= 15 is 0 Å². The average molecular weight is 336 g/mol. The van der Waals surface area contributed by atoms with Crippen molar-refractivity contribution in [3.63, 3.8) is 0 Å². The number of methoxy groups -OCH3 is 1. The Hall–Kier alpha value is -1.89. The number of amides is 2. The van der Waals surface area contributed by atoms with Crippen LogP contribution < -0.4 is 5.32 Å². The number of likely N-dealkylation sites (tertiary alicyclic amines) is 1. The Morgan fingerprint density at radius 3 is 2.88 bits per heavy atom. The molecule has 1 saturated heterocycles. The fourth-order valence-electron chi connectivity index (χ4n) is 3.20. The van der Waals surface area contributed by atoms with Gasteiger partial charge in [0, 0.05) is 32.4 Å². The predicted molar refractivity (Wildman–Crippen MR) is 90.6 cm³/mol. The number of hydrogen-bond donors (Lipinski definition) is 2. The maximum Gasteiger partial charge on any atom is 0.248 e. The van der Waals surface area contributed by atoms with Crippen LogP contribution in [0.25, 0.3) is 0 Å². The SMILES string of the molecule is COCC(=O)N1CCC[C@H](C(=O)NCCCc2c(C)n[nH]c2C)C1. The Labute approximate surface area is 143 Å². The summed E-state index contributed by atoms with van der Waals surface area (Å²) in [6, 6.07) is 0. The number of ether oxygens (including phenoxy) is 1. The summed E-state index contributed by atoms with van der Waals surface area (Å²) < 4.78 is 4.89. The molecule has 134 valence electrons. The van der Waals surface area contributed by atoms with Gasteiger partial charge < -0.3 is 15.0 Å². The second kappa shape index (κ2) is 8.82. The molecule has 0 aromatic carbocycles. The molecule has 2 amide bonds. The van der Waals surface area contributed by atoms with Crippen LogP contribution in [-0.4, -0.2) is 60.3 Å². The lowest BCUT2D eigenvalue weighted by Gasteiger charge is -2.31. The third-order valence-corrected chi connectivity index (χ3v) is 4.60. The van der Waals surface area contributed by atoms with Gasteiger partial charge in [0.15, 0.2) is 0 Å². The van der Waals surface area contributed by atoms with Crippen molar-refractivity contribution in [2.24, 2.45) is 5.92 Å². The lowest BCUT2D eigenvalue weighted by atomic mass is 9.97. The molecule has 0 saturated carbocycles. The number of aromatic nitrogens is 2. The second-order valence-electron chi connectivity index (χ2n) is 6.42. The summed E-state index contributed by atoms with van der Waals surface area (Å²) in [5.74, 6) is -0.108. The normalized spacial score (nSPS) is 17.8. The van der Waals surface area contributed by atoms with Crippen LogP contribution in [0.1, 0.15) is 36.2 Å². The summed E-state index contributed by atoms with van der Waals surface area (Å²) in [4.78, 5) is 25.9. The topological polar surface area (TPSA) is 87.3 Å². The monoisotopic (exact) mass is 336 g/mol. The lowest BCUT2D eigenvalue weighted by Crippen LogP contribution is -2.46. The summed E-state index contributed by atoms with van der Waals surface area (Å²) >= 11 is 0. The number of nitrogens with one attached hydrogen (secondary N) is 2. The number of rotatable bonds is 7. The van der Waals surface area contributed by atoms with Crippen LogP contribution in [0, 0.1) is 19.8 Å². The van der Waals surface area contributed by atoms with Crippen LogP contribution in [0.2, 0.25) is 0 Å². The highest BCUT2D eigenvalue weighted by Gasteiger charge is 2.27. The van der Waals surface area contributed by atoms with Crippen molar-refractivity contribution >= 4 is 11.8 Å². The van der Waals surface area contributed by atoms with Crippen molar-refractivity contribution in [2.75, 3.05) is 33.4 Å². The molecule has 1 aromatic rings. The quantitative estimate of drug-likeness (QED) is 0.726. The molecule has 0 radical (unpaired) electrons. The van der Waals surface area contributed by atoms with E-state index in [2.05, 4.69) is 15.5 Å². The minimum atomic E-state index is -0.114. The second-order valence-corrected chi connectivity index (χ2v) is 6.42. The van der Waals surface area contributed by atoms with E-state index in [0.717, 1.165) is 37.1 Å². The summed E-state index contributed by atoms with van der Waals surface area (Å²) in [5, 5.41) is 10.2. The van der Waals surface area contributed by atoms with E-state index < -0.39 is 0 Å². The summed E-state index contributed by atoms with van der Waals surface area (Å²) in [5.41, 5.74) is 3.36. The van der Waals surface area contributed by atoms with Crippen LogP contribution in [0.3, 0.4) is 0 Å². The highest BCUT2D eigenvalue weighted by molar-refractivity contribution is 5.81. The van der Waals surface area contributed by atoms with E-state index in [1.807, 2.05) is 13.8 Å². The molecule has 2 rings (SSSR count). The molecule has 2 heterocycles. The smallest absolute Gasteiger partial charge is 0.248 e. The Balaban J connectivity index is 1.73. The molecule has 24 heavy (non-hydrogen) atoms. The molecule has 0 spiro atoms. The van der Waals surface area contributed by atoms with E-state index in [-0.39, 0.29) is 24.3 Å². The molecule has 0 aliphatic carbocycles. The number of aromatic amines is 1. The van der Waals surface area contributed by atoms with Crippen molar-refractivity contribution in [1.29, 1.82) is 0 Å². The molecule has 1 fully saturated rings. The van der Waals surface area contributed by atoms with Crippen LogP contribution in [0.15, 0.2) is 0 Å². The standard InChI is InChI=1S/C17H28N4O3/c1-12-15(13(2)20-19-12)7-4-8-18-17(23)14-6-5-9-21(10-14)16(22)11-24-3/h14H,4-11H2,1-3H3,(H,18,23)(H,19,20)/t14-/m0/s1. The number of carbonyl (C=O) groups is 2. The van der Waals surface area contributed by atoms with Gasteiger partial charge in [-0.3, -0.25) is 14.7 Å². The molecule has 1 aliphatic rings. The molecule has 1 aromatic heterocycles. The molecule has 2 N–H and O–H groups in total. The molecule has 1 aliphatic heterocycles. The molecule has 7 nitrogen and oxygen atoms in total. The van der Waals surface area contributed by atoms with Crippen LogP contribution >= 0.6 is 0 Å². The van der Waals surface area contributed by atoms with Gasteiger partial charge in [-0.25, -0.2) is 0 Å². The zero-order chi connectivity index (χ0) is 17.5. The van der Waals surface area contributed by atoms with Crippen molar-refractivity contribution in [2.45, 2.75) is 39.5 Å². The van der Waals surface area contributed by atoms with Gasteiger partial charge in [-0.1, -0.05) is 0 Å². The Morgan fingerprint density at radius 1 is 1.42 bits per heavy atom. The molecule has 0 unspecified atom stereocenters. The zero-order valence-corrected chi connectivity index (χ0v) is 14.9. The predicted octanol–water partition coefficient (Wildman–Crippen LogP) is 0.960. The first kappa shape index (κ1) is 18.4. The average Bonchev–Trinajstić information content (AvgIpc) is 2.90. The minimum absolute atomic E-state index is 0.0408. The molecule has 7 heteroatoms. The van der Waals surface area contributed by atoms with E-state index in [4.69, 9.17) is 4.74 Å².